The molecule has 2 aromatic carbocycles. The van der Waals surface area contributed by atoms with Crippen molar-refractivity contribution in [2.24, 2.45) is 0 Å². The first-order valence-corrected chi connectivity index (χ1v) is 8.81. The standard InChI is InChI=1S/C14H9Br3Cl2O/c1-20-14-10(5-8(19)6-12(14)16)13(17)9-4-7(18)2-3-11(9)15/h2-6,13H,1H3. The van der Waals surface area contributed by atoms with Gasteiger partial charge in [0, 0.05) is 20.1 Å². The second-order valence-corrected chi connectivity index (χ2v) is 7.54. The predicted octanol–water partition coefficient (Wildman–Crippen LogP) is 7.01. The molecule has 0 amide bonds. The highest BCUT2D eigenvalue weighted by Gasteiger charge is 2.20. The molecule has 0 spiro atoms. The van der Waals surface area contributed by atoms with Gasteiger partial charge < -0.3 is 4.74 Å². The fraction of sp³-hybridized carbons (Fsp3) is 0.143. The average molecular weight is 504 g/mol. The SMILES string of the molecule is COc1c(Br)cc(Cl)cc1C(Br)c1cc(Cl)ccc1Br. The van der Waals surface area contributed by atoms with E-state index in [-0.39, 0.29) is 4.83 Å². The Balaban J connectivity index is 2.58. The van der Waals surface area contributed by atoms with Crippen LogP contribution in [0.5, 0.6) is 5.75 Å². The molecule has 1 atom stereocenters. The lowest BCUT2D eigenvalue weighted by Crippen LogP contribution is -1.99. The third-order valence-corrected chi connectivity index (χ3v) is 5.50. The van der Waals surface area contributed by atoms with E-state index in [1.54, 1.807) is 13.2 Å². The highest BCUT2D eigenvalue weighted by atomic mass is 79.9. The van der Waals surface area contributed by atoms with Gasteiger partial charge in [0.15, 0.2) is 0 Å². The van der Waals surface area contributed by atoms with Gasteiger partial charge in [0.25, 0.3) is 0 Å². The molecule has 0 aromatic heterocycles. The van der Waals surface area contributed by atoms with Crippen molar-refractivity contribution >= 4 is 71.0 Å². The lowest BCUT2D eigenvalue weighted by molar-refractivity contribution is 0.408. The highest BCUT2D eigenvalue weighted by molar-refractivity contribution is 9.11. The molecule has 106 valence electrons. The van der Waals surface area contributed by atoms with Gasteiger partial charge in [0.1, 0.15) is 5.75 Å². The third-order valence-electron chi connectivity index (χ3n) is 2.75. The molecule has 0 radical (unpaired) electrons. The van der Waals surface area contributed by atoms with Gasteiger partial charge in [0.2, 0.25) is 0 Å². The zero-order chi connectivity index (χ0) is 14.9. The molecule has 0 aliphatic rings. The van der Waals surface area contributed by atoms with Crippen LogP contribution in [0.25, 0.3) is 0 Å². The van der Waals surface area contributed by atoms with Crippen molar-refractivity contribution in [3.05, 3.63) is 60.4 Å². The van der Waals surface area contributed by atoms with Crippen LogP contribution in [0, 0.1) is 0 Å². The zero-order valence-electron chi connectivity index (χ0n) is 10.3. The summed E-state index contributed by atoms with van der Waals surface area (Å²) in [5, 5.41) is 1.31. The Morgan fingerprint density at radius 1 is 0.950 bits per heavy atom. The third kappa shape index (κ3) is 3.53. The number of hydrogen-bond acceptors (Lipinski definition) is 1. The summed E-state index contributed by atoms with van der Waals surface area (Å²) in [6.45, 7) is 0. The van der Waals surface area contributed by atoms with Gasteiger partial charge in [0.05, 0.1) is 16.4 Å². The molecule has 0 aliphatic carbocycles. The maximum atomic E-state index is 6.14. The van der Waals surface area contributed by atoms with Crippen molar-refractivity contribution in [3.63, 3.8) is 0 Å². The maximum absolute atomic E-state index is 6.14. The summed E-state index contributed by atoms with van der Waals surface area (Å²) >= 11 is 22.9. The lowest BCUT2D eigenvalue weighted by atomic mass is 10.0. The van der Waals surface area contributed by atoms with Gasteiger partial charge in [-0.1, -0.05) is 55.1 Å². The fourth-order valence-electron chi connectivity index (χ4n) is 1.86. The minimum atomic E-state index is -0.0967. The topological polar surface area (TPSA) is 9.23 Å². The van der Waals surface area contributed by atoms with Crippen LogP contribution >= 0.6 is 71.0 Å². The summed E-state index contributed by atoms with van der Waals surface area (Å²) in [5.41, 5.74) is 1.93. The molecule has 0 aliphatic heterocycles. The molecule has 0 fully saturated rings. The lowest BCUT2D eigenvalue weighted by Gasteiger charge is -2.18. The largest absolute Gasteiger partial charge is 0.495 e. The number of rotatable bonds is 3. The number of ether oxygens (including phenoxy) is 1. The molecule has 6 heteroatoms. The number of hydrogen-bond donors (Lipinski definition) is 0. The van der Waals surface area contributed by atoms with Crippen molar-refractivity contribution in [2.45, 2.75) is 4.83 Å². The smallest absolute Gasteiger partial charge is 0.137 e. The predicted molar refractivity (Wildman–Crippen MR) is 95.6 cm³/mol. The number of halogens is 5. The Labute approximate surface area is 153 Å². The van der Waals surface area contributed by atoms with E-state index in [9.17, 15) is 0 Å². The molecule has 0 N–H and O–H groups in total. The van der Waals surface area contributed by atoms with Crippen molar-refractivity contribution in [1.29, 1.82) is 0 Å². The fourth-order valence-corrected chi connectivity index (χ4v) is 4.54. The Morgan fingerprint density at radius 3 is 2.25 bits per heavy atom. The summed E-state index contributed by atoms with van der Waals surface area (Å²) in [6, 6.07) is 9.33. The van der Waals surface area contributed by atoms with Gasteiger partial charge in [-0.2, -0.15) is 0 Å². The molecule has 20 heavy (non-hydrogen) atoms. The van der Waals surface area contributed by atoms with Gasteiger partial charge >= 0.3 is 0 Å². The summed E-state index contributed by atoms with van der Waals surface area (Å²) in [5.74, 6) is 0.739. The highest BCUT2D eigenvalue weighted by Crippen LogP contribution is 2.44. The van der Waals surface area contributed by atoms with Crippen LogP contribution in [0.4, 0.5) is 0 Å². The number of alkyl halides is 1. The first kappa shape index (κ1) is 16.6. The van der Waals surface area contributed by atoms with E-state index >= 15 is 0 Å². The molecular weight excluding hydrogens is 495 g/mol. The molecule has 0 saturated heterocycles. The van der Waals surface area contributed by atoms with Gasteiger partial charge in [-0.3, -0.25) is 0 Å². The minimum Gasteiger partial charge on any atom is -0.495 e. The van der Waals surface area contributed by atoms with Gasteiger partial charge in [-0.25, -0.2) is 0 Å². The van der Waals surface area contributed by atoms with E-state index in [0.717, 1.165) is 25.8 Å². The normalized spacial score (nSPS) is 12.3. The van der Waals surface area contributed by atoms with E-state index in [4.69, 9.17) is 27.9 Å². The van der Waals surface area contributed by atoms with Gasteiger partial charge in [-0.05, 0) is 51.8 Å². The van der Waals surface area contributed by atoms with Crippen LogP contribution in [-0.2, 0) is 0 Å². The first-order chi connectivity index (χ1) is 9.43. The second kappa shape index (κ2) is 7.01. The molecule has 1 unspecified atom stereocenters. The molecule has 0 bridgehead atoms. The average Bonchev–Trinajstić information content (AvgIpc) is 2.40. The van der Waals surface area contributed by atoms with Crippen LogP contribution in [0.3, 0.4) is 0 Å². The van der Waals surface area contributed by atoms with E-state index < -0.39 is 0 Å². The van der Waals surface area contributed by atoms with Crippen molar-refractivity contribution in [3.8, 4) is 5.75 Å². The quantitative estimate of drug-likeness (QED) is 0.409. The van der Waals surface area contributed by atoms with E-state index in [2.05, 4.69) is 47.8 Å². The zero-order valence-corrected chi connectivity index (χ0v) is 16.5. The van der Waals surface area contributed by atoms with Crippen molar-refractivity contribution in [2.75, 3.05) is 7.11 Å². The second-order valence-electron chi connectivity index (χ2n) is 4.04. The molecule has 2 rings (SSSR count). The van der Waals surface area contributed by atoms with E-state index in [0.29, 0.717) is 10.0 Å². The molecule has 0 saturated carbocycles. The molecule has 1 nitrogen and oxygen atoms in total. The molecule has 0 heterocycles. The summed E-state index contributed by atoms with van der Waals surface area (Å²) in [6.07, 6.45) is 0. The number of benzene rings is 2. The minimum absolute atomic E-state index is 0.0967. The Kier molecular flexibility index (Phi) is 5.83. The maximum Gasteiger partial charge on any atom is 0.137 e. The number of methoxy groups -OCH3 is 1. The Bertz CT molecular complexity index is 647. The molecular formula is C14H9Br3Cl2O. The summed E-state index contributed by atoms with van der Waals surface area (Å²) in [7, 11) is 1.63. The Hall–Kier alpha value is 0.260. The first-order valence-electron chi connectivity index (χ1n) is 5.56. The molecule has 2 aromatic rings. The monoisotopic (exact) mass is 500 g/mol. The Morgan fingerprint density at radius 2 is 1.60 bits per heavy atom. The summed E-state index contributed by atoms with van der Waals surface area (Å²) < 4.78 is 7.23. The van der Waals surface area contributed by atoms with Crippen LogP contribution in [-0.4, -0.2) is 7.11 Å². The van der Waals surface area contributed by atoms with Crippen molar-refractivity contribution in [1.82, 2.24) is 0 Å². The van der Waals surface area contributed by atoms with Crippen LogP contribution in [0.2, 0.25) is 10.0 Å². The van der Waals surface area contributed by atoms with Crippen LogP contribution in [0.15, 0.2) is 39.3 Å². The van der Waals surface area contributed by atoms with E-state index in [1.165, 1.54) is 0 Å². The summed E-state index contributed by atoms with van der Waals surface area (Å²) in [4.78, 5) is -0.0967. The van der Waals surface area contributed by atoms with Crippen molar-refractivity contribution < 1.29 is 4.74 Å². The van der Waals surface area contributed by atoms with Crippen LogP contribution < -0.4 is 4.74 Å². The van der Waals surface area contributed by atoms with Crippen LogP contribution in [0.1, 0.15) is 16.0 Å². The van der Waals surface area contributed by atoms with Gasteiger partial charge in [-0.15, -0.1) is 0 Å². The van der Waals surface area contributed by atoms with E-state index in [1.807, 2.05) is 24.3 Å².